The molecule has 4 nitrogen and oxygen atoms in total. The maximum atomic E-state index is 12.1. The molecule has 0 unspecified atom stereocenters. The summed E-state index contributed by atoms with van der Waals surface area (Å²) in [5.74, 6) is 0.304. The number of methoxy groups -OCH3 is 1. The van der Waals surface area contributed by atoms with Crippen molar-refractivity contribution in [2.45, 2.75) is 25.7 Å². The summed E-state index contributed by atoms with van der Waals surface area (Å²) in [4.78, 5) is 11.9. The van der Waals surface area contributed by atoms with Gasteiger partial charge in [-0.25, -0.2) is 0 Å². The van der Waals surface area contributed by atoms with Gasteiger partial charge in [0.1, 0.15) is 11.5 Å². The van der Waals surface area contributed by atoms with Crippen molar-refractivity contribution >= 4 is 5.91 Å². The monoisotopic (exact) mass is 353 g/mol. The molecule has 2 aromatic rings. The van der Waals surface area contributed by atoms with Gasteiger partial charge in [-0.1, -0.05) is 24.3 Å². The van der Waals surface area contributed by atoms with Gasteiger partial charge in [-0.2, -0.15) is 0 Å². The molecule has 0 heterocycles. The van der Waals surface area contributed by atoms with Gasteiger partial charge in [0.2, 0.25) is 5.91 Å². The zero-order valence-electron chi connectivity index (χ0n) is 13.6. The van der Waals surface area contributed by atoms with Crippen molar-refractivity contribution in [1.29, 1.82) is 0 Å². The minimum absolute atomic E-state index is 0.140. The second-order valence-corrected chi connectivity index (χ2v) is 5.32. The molecule has 25 heavy (non-hydrogen) atoms. The normalized spacial score (nSPS) is 11.0. The summed E-state index contributed by atoms with van der Waals surface area (Å²) < 4.78 is 45.2. The standard InChI is InChI=1S/C18H18F3NO3/c1-24-16-4-2-3-13(11-16)7-10-17(23)22-12-14-5-8-15(9-6-14)25-18(19,20)21/h2-6,8-9,11H,7,10,12H2,1H3,(H,22,23). The van der Waals surface area contributed by atoms with Crippen molar-refractivity contribution in [2.75, 3.05) is 7.11 Å². The first-order valence-electron chi connectivity index (χ1n) is 7.60. The lowest BCUT2D eigenvalue weighted by atomic mass is 10.1. The van der Waals surface area contributed by atoms with Crippen LogP contribution >= 0.6 is 0 Å². The van der Waals surface area contributed by atoms with Crippen LogP contribution < -0.4 is 14.8 Å². The summed E-state index contributed by atoms with van der Waals surface area (Å²) in [6.07, 6.45) is -3.83. The minimum Gasteiger partial charge on any atom is -0.497 e. The molecule has 0 aromatic heterocycles. The molecule has 0 aliphatic carbocycles. The first-order chi connectivity index (χ1) is 11.9. The van der Waals surface area contributed by atoms with E-state index in [0.717, 1.165) is 11.3 Å². The number of nitrogens with one attached hydrogen (secondary N) is 1. The number of hydrogen-bond donors (Lipinski definition) is 1. The molecule has 0 saturated carbocycles. The molecule has 2 rings (SSSR count). The molecular weight excluding hydrogens is 335 g/mol. The summed E-state index contributed by atoms with van der Waals surface area (Å²) in [6, 6.07) is 12.8. The fourth-order valence-electron chi connectivity index (χ4n) is 2.18. The number of alkyl halides is 3. The molecule has 0 saturated heterocycles. The maximum absolute atomic E-state index is 12.1. The van der Waals surface area contributed by atoms with Gasteiger partial charge in [-0.3, -0.25) is 4.79 Å². The van der Waals surface area contributed by atoms with Gasteiger partial charge in [0, 0.05) is 13.0 Å². The van der Waals surface area contributed by atoms with Crippen molar-refractivity contribution in [3.8, 4) is 11.5 Å². The molecule has 1 amide bonds. The molecule has 0 radical (unpaired) electrons. The number of rotatable bonds is 7. The molecule has 0 bridgehead atoms. The number of aryl methyl sites for hydroxylation is 1. The van der Waals surface area contributed by atoms with Crippen molar-refractivity contribution in [3.05, 3.63) is 59.7 Å². The average Bonchev–Trinajstić information content (AvgIpc) is 2.58. The van der Waals surface area contributed by atoms with Gasteiger partial charge in [0.25, 0.3) is 0 Å². The van der Waals surface area contributed by atoms with Crippen LogP contribution in [0.4, 0.5) is 13.2 Å². The minimum atomic E-state index is -4.71. The average molecular weight is 353 g/mol. The van der Waals surface area contributed by atoms with Gasteiger partial charge in [0.05, 0.1) is 7.11 Å². The number of halogens is 3. The molecule has 0 aliphatic heterocycles. The molecule has 7 heteroatoms. The first-order valence-corrected chi connectivity index (χ1v) is 7.60. The van der Waals surface area contributed by atoms with E-state index in [4.69, 9.17) is 4.74 Å². The third kappa shape index (κ3) is 6.74. The van der Waals surface area contributed by atoms with Gasteiger partial charge in [-0.05, 0) is 41.8 Å². The Morgan fingerprint density at radius 1 is 1.04 bits per heavy atom. The maximum Gasteiger partial charge on any atom is 0.573 e. The zero-order valence-corrected chi connectivity index (χ0v) is 13.6. The van der Waals surface area contributed by atoms with Crippen LogP contribution in [-0.2, 0) is 17.8 Å². The highest BCUT2D eigenvalue weighted by Gasteiger charge is 2.30. The molecule has 1 N–H and O–H groups in total. The van der Waals surface area contributed by atoms with E-state index in [9.17, 15) is 18.0 Å². The van der Waals surface area contributed by atoms with E-state index in [0.29, 0.717) is 18.4 Å². The van der Waals surface area contributed by atoms with Crippen LogP contribution in [0.3, 0.4) is 0 Å². The predicted octanol–water partition coefficient (Wildman–Crippen LogP) is 3.84. The largest absolute Gasteiger partial charge is 0.573 e. The lowest BCUT2D eigenvalue weighted by molar-refractivity contribution is -0.274. The second kappa shape index (κ2) is 8.41. The molecule has 0 atom stereocenters. The van der Waals surface area contributed by atoms with Crippen LogP contribution in [0, 0.1) is 0 Å². The Morgan fingerprint density at radius 3 is 2.40 bits per heavy atom. The fourth-order valence-corrected chi connectivity index (χ4v) is 2.18. The van der Waals surface area contributed by atoms with Crippen LogP contribution in [0.5, 0.6) is 11.5 Å². The molecule has 0 spiro atoms. The first kappa shape index (κ1) is 18.6. The number of carbonyl (C=O) groups is 1. The third-order valence-corrected chi connectivity index (χ3v) is 3.42. The van der Waals surface area contributed by atoms with Crippen LogP contribution in [0.2, 0.25) is 0 Å². The highest BCUT2D eigenvalue weighted by atomic mass is 19.4. The van der Waals surface area contributed by atoms with Gasteiger partial charge in [-0.15, -0.1) is 13.2 Å². The highest BCUT2D eigenvalue weighted by molar-refractivity contribution is 5.76. The molecule has 0 aliphatic rings. The second-order valence-electron chi connectivity index (χ2n) is 5.32. The Morgan fingerprint density at radius 2 is 1.76 bits per heavy atom. The van der Waals surface area contributed by atoms with E-state index in [-0.39, 0.29) is 18.2 Å². The zero-order chi connectivity index (χ0) is 18.3. The molecule has 2 aromatic carbocycles. The predicted molar refractivity (Wildman–Crippen MR) is 86.3 cm³/mol. The van der Waals surface area contributed by atoms with Crippen LogP contribution in [0.15, 0.2) is 48.5 Å². The van der Waals surface area contributed by atoms with E-state index in [1.807, 2.05) is 24.3 Å². The lowest BCUT2D eigenvalue weighted by Gasteiger charge is -2.10. The number of hydrogen-bond acceptors (Lipinski definition) is 3. The summed E-state index contributed by atoms with van der Waals surface area (Å²) in [5, 5.41) is 2.73. The van der Waals surface area contributed by atoms with Crippen molar-refractivity contribution in [1.82, 2.24) is 5.32 Å². The van der Waals surface area contributed by atoms with Crippen molar-refractivity contribution in [3.63, 3.8) is 0 Å². The molecular formula is C18H18F3NO3. The van der Waals surface area contributed by atoms with E-state index >= 15 is 0 Å². The van der Waals surface area contributed by atoms with Gasteiger partial charge >= 0.3 is 6.36 Å². The number of ether oxygens (including phenoxy) is 2. The summed E-state index contributed by atoms with van der Waals surface area (Å²) >= 11 is 0. The SMILES string of the molecule is COc1cccc(CCC(=O)NCc2ccc(OC(F)(F)F)cc2)c1. The fraction of sp³-hybridized carbons (Fsp3) is 0.278. The number of carbonyl (C=O) groups excluding carboxylic acids is 1. The van der Waals surface area contributed by atoms with E-state index in [1.54, 1.807) is 7.11 Å². The van der Waals surface area contributed by atoms with Crippen molar-refractivity contribution < 1.29 is 27.4 Å². The summed E-state index contributed by atoms with van der Waals surface area (Å²) in [5.41, 5.74) is 1.67. The Bertz CT molecular complexity index is 699. The number of amides is 1. The third-order valence-electron chi connectivity index (χ3n) is 3.42. The van der Waals surface area contributed by atoms with Crippen molar-refractivity contribution in [2.24, 2.45) is 0 Å². The molecule has 134 valence electrons. The van der Waals surface area contributed by atoms with Crippen LogP contribution in [0.1, 0.15) is 17.5 Å². The topological polar surface area (TPSA) is 47.6 Å². The van der Waals surface area contributed by atoms with Gasteiger partial charge in [0.15, 0.2) is 0 Å². The number of benzene rings is 2. The van der Waals surface area contributed by atoms with Gasteiger partial charge < -0.3 is 14.8 Å². The van der Waals surface area contributed by atoms with E-state index in [1.165, 1.54) is 24.3 Å². The highest BCUT2D eigenvalue weighted by Crippen LogP contribution is 2.22. The Labute approximate surface area is 143 Å². The Kier molecular flexibility index (Phi) is 6.27. The quantitative estimate of drug-likeness (QED) is 0.823. The summed E-state index contributed by atoms with van der Waals surface area (Å²) in [7, 11) is 1.58. The lowest BCUT2D eigenvalue weighted by Crippen LogP contribution is -2.23. The van der Waals surface area contributed by atoms with Crippen LogP contribution in [0.25, 0.3) is 0 Å². The Balaban J connectivity index is 1.77. The van der Waals surface area contributed by atoms with E-state index in [2.05, 4.69) is 10.1 Å². The summed E-state index contributed by atoms with van der Waals surface area (Å²) in [6.45, 7) is 0.239. The van der Waals surface area contributed by atoms with E-state index < -0.39 is 6.36 Å². The molecule has 0 fully saturated rings. The Hall–Kier alpha value is -2.70. The smallest absolute Gasteiger partial charge is 0.497 e. The van der Waals surface area contributed by atoms with Crippen LogP contribution in [-0.4, -0.2) is 19.4 Å².